The Kier molecular flexibility index (Phi) is 5.34. The first kappa shape index (κ1) is 17.4. The van der Waals surface area contributed by atoms with Gasteiger partial charge in [-0.1, -0.05) is 29.8 Å². The molecule has 0 radical (unpaired) electrons. The number of hydrogen-bond acceptors (Lipinski definition) is 4. The maximum absolute atomic E-state index is 12.7. The van der Waals surface area contributed by atoms with Crippen LogP contribution < -0.4 is 19.5 Å². The summed E-state index contributed by atoms with van der Waals surface area (Å²) < 4.78 is 16.4. The molecule has 0 saturated heterocycles. The second kappa shape index (κ2) is 7.66. The summed E-state index contributed by atoms with van der Waals surface area (Å²) in [6.07, 6.45) is 0.713. The van der Waals surface area contributed by atoms with E-state index in [1.165, 1.54) is 7.11 Å². The van der Waals surface area contributed by atoms with Gasteiger partial charge in [-0.25, -0.2) is 0 Å². The molecule has 6 heteroatoms. The second-order valence-corrected chi connectivity index (χ2v) is 6.03. The molecule has 0 spiro atoms. The lowest BCUT2D eigenvalue weighted by Crippen LogP contribution is -2.32. The summed E-state index contributed by atoms with van der Waals surface area (Å²) in [5.41, 5.74) is 1.40. The predicted octanol–water partition coefficient (Wildman–Crippen LogP) is 4.00. The molecule has 1 amide bonds. The number of halogens is 1. The van der Waals surface area contributed by atoms with E-state index in [-0.39, 0.29) is 11.9 Å². The summed E-state index contributed by atoms with van der Waals surface area (Å²) in [7, 11) is 1.52. The quantitative estimate of drug-likeness (QED) is 0.874. The van der Waals surface area contributed by atoms with Gasteiger partial charge in [-0.15, -0.1) is 0 Å². The van der Waals surface area contributed by atoms with Crippen LogP contribution in [0.15, 0.2) is 36.4 Å². The molecular weight excluding hydrogens is 342 g/mol. The Morgan fingerprint density at radius 2 is 2.16 bits per heavy atom. The summed E-state index contributed by atoms with van der Waals surface area (Å²) in [6, 6.07) is 10.8. The van der Waals surface area contributed by atoms with Crippen molar-refractivity contribution in [2.75, 3.05) is 20.3 Å². The van der Waals surface area contributed by atoms with Gasteiger partial charge >= 0.3 is 0 Å². The zero-order chi connectivity index (χ0) is 17.8. The van der Waals surface area contributed by atoms with Gasteiger partial charge in [0.05, 0.1) is 31.4 Å². The summed E-state index contributed by atoms with van der Waals surface area (Å²) in [5.74, 6) is 1.47. The van der Waals surface area contributed by atoms with Gasteiger partial charge in [0.15, 0.2) is 11.5 Å². The van der Waals surface area contributed by atoms with E-state index < -0.39 is 0 Å². The van der Waals surface area contributed by atoms with Gasteiger partial charge < -0.3 is 19.5 Å². The topological polar surface area (TPSA) is 56.8 Å². The Balaban J connectivity index is 1.84. The molecule has 25 heavy (non-hydrogen) atoms. The van der Waals surface area contributed by atoms with E-state index in [0.717, 1.165) is 11.3 Å². The normalized spacial score (nSPS) is 15.7. The summed E-state index contributed by atoms with van der Waals surface area (Å²) in [5, 5.41) is 3.39. The Morgan fingerprint density at radius 1 is 1.36 bits per heavy atom. The molecule has 1 atom stereocenters. The van der Waals surface area contributed by atoms with Crippen molar-refractivity contribution in [1.82, 2.24) is 5.32 Å². The van der Waals surface area contributed by atoms with Crippen molar-refractivity contribution in [2.45, 2.75) is 19.4 Å². The van der Waals surface area contributed by atoms with E-state index >= 15 is 0 Å². The van der Waals surface area contributed by atoms with Crippen molar-refractivity contribution in [2.24, 2.45) is 0 Å². The third-order valence-corrected chi connectivity index (χ3v) is 4.32. The van der Waals surface area contributed by atoms with Gasteiger partial charge in [-0.2, -0.15) is 0 Å². The average Bonchev–Trinajstić information content (AvgIpc) is 2.63. The van der Waals surface area contributed by atoms with Crippen molar-refractivity contribution in [1.29, 1.82) is 0 Å². The number of ether oxygens (including phenoxy) is 3. The van der Waals surface area contributed by atoms with Gasteiger partial charge in [0, 0.05) is 17.5 Å². The Labute approximate surface area is 151 Å². The first-order valence-corrected chi connectivity index (χ1v) is 8.54. The van der Waals surface area contributed by atoms with Crippen molar-refractivity contribution in [3.8, 4) is 17.2 Å². The smallest absolute Gasteiger partial charge is 0.251 e. The van der Waals surface area contributed by atoms with Gasteiger partial charge in [0.1, 0.15) is 5.75 Å². The maximum atomic E-state index is 12.7. The van der Waals surface area contributed by atoms with Crippen LogP contribution in [0, 0.1) is 0 Å². The minimum absolute atomic E-state index is 0.103. The standard InChI is InChI=1S/C19H20ClNO4/c1-3-24-18-14(20)10-12(11-17(18)23-2)19(22)21-15-8-9-25-16-7-5-4-6-13(15)16/h4-7,10-11,15H,3,8-9H2,1-2H3,(H,21,22)/t15-/m1/s1. The highest BCUT2D eigenvalue weighted by atomic mass is 35.5. The minimum Gasteiger partial charge on any atom is -0.493 e. The number of hydrogen-bond donors (Lipinski definition) is 1. The van der Waals surface area contributed by atoms with Crippen molar-refractivity contribution >= 4 is 17.5 Å². The van der Waals surface area contributed by atoms with Gasteiger partial charge in [0.25, 0.3) is 5.91 Å². The van der Waals surface area contributed by atoms with E-state index in [2.05, 4.69) is 5.32 Å². The van der Waals surface area contributed by atoms with Crippen molar-refractivity contribution in [3.05, 3.63) is 52.5 Å². The zero-order valence-electron chi connectivity index (χ0n) is 14.2. The molecular formula is C19H20ClNO4. The lowest BCUT2D eigenvalue weighted by molar-refractivity contribution is 0.0924. The predicted molar refractivity (Wildman–Crippen MR) is 95.9 cm³/mol. The first-order valence-electron chi connectivity index (χ1n) is 8.17. The van der Waals surface area contributed by atoms with Crippen LogP contribution in [0.5, 0.6) is 17.2 Å². The molecule has 1 aliphatic heterocycles. The number of carbonyl (C=O) groups is 1. The van der Waals surface area contributed by atoms with E-state index in [9.17, 15) is 4.79 Å². The Bertz CT molecular complexity index is 778. The molecule has 1 N–H and O–H groups in total. The SMILES string of the molecule is CCOc1c(Cl)cc(C(=O)N[C@@H]2CCOc3ccccc32)cc1OC. The van der Waals surface area contributed by atoms with Crippen LogP contribution in [-0.4, -0.2) is 26.2 Å². The maximum Gasteiger partial charge on any atom is 0.251 e. The minimum atomic E-state index is -0.218. The van der Waals surface area contributed by atoms with E-state index in [1.54, 1.807) is 12.1 Å². The number of nitrogens with one attached hydrogen (secondary N) is 1. The summed E-state index contributed by atoms with van der Waals surface area (Å²) >= 11 is 6.25. The molecule has 132 valence electrons. The number of methoxy groups -OCH3 is 1. The molecule has 1 aliphatic rings. The summed E-state index contributed by atoms with van der Waals surface area (Å²) in [4.78, 5) is 12.7. The molecule has 2 aromatic carbocycles. The van der Waals surface area contributed by atoms with E-state index in [0.29, 0.717) is 41.7 Å². The molecule has 0 aliphatic carbocycles. The highest BCUT2D eigenvalue weighted by molar-refractivity contribution is 6.32. The van der Waals surface area contributed by atoms with Crippen LogP contribution in [0.25, 0.3) is 0 Å². The van der Waals surface area contributed by atoms with Crippen LogP contribution >= 0.6 is 11.6 Å². The molecule has 5 nitrogen and oxygen atoms in total. The van der Waals surface area contributed by atoms with Crippen LogP contribution in [0.3, 0.4) is 0 Å². The third kappa shape index (κ3) is 3.66. The van der Waals surface area contributed by atoms with Crippen LogP contribution in [0.2, 0.25) is 5.02 Å². The van der Waals surface area contributed by atoms with Crippen LogP contribution in [0.1, 0.15) is 35.3 Å². The van der Waals surface area contributed by atoms with Gasteiger partial charge in [0.2, 0.25) is 0 Å². The Hall–Kier alpha value is -2.40. The molecule has 2 aromatic rings. The Morgan fingerprint density at radius 3 is 2.92 bits per heavy atom. The molecule has 0 bridgehead atoms. The monoisotopic (exact) mass is 361 g/mol. The lowest BCUT2D eigenvalue weighted by Gasteiger charge is -2.26. The van der Waals surface area contributed by atoms with E-state index in [1.807, 2.05) is 31.2 Å². The average molecular weight is 362 g/mol. The van der Waals surface area contributed by atoms with Crippen molar-refractivity contribution < 1.29 is 19.0 Å². The highest BCUT2D eigenvalue weighted by Crippen LogP contribution is 2.37. The molecule has 0 aromatic heterocycles. The fourth-order valence-electron chi connectivity index (χ4n) is 2.87. The van der Waals surface area contributed by atoms with Crippen LogP contribution in [-0.2, 0) is 0 Å². The molecule has 0 saturated carbocycles. The van der Waals surface area contributed by atoms with E-state index in [4.69, 9.17) is 25.8 Å². The number of carbonyl (C=O) groups excluding carboxylic acids is 1. The van der Waals surface area contributed by atoms with Crippen molar-refractivity contribution in [3.63, 3.8) is 0 Å². The fraction of sp³-hybridized carbons (Fsp3) is 0.316. The fourth-order valence-corrected chi connectivity index (χ4v) is 3.13. The third-order valence-electron chi connectivity index (χ3n) is 4.04. The largest absolute Gasteiger partial charge is 0.493 e. The molecule has 0 unspecified atom stereocenters. The van der Waals surface area contributed by atoms with Gasteiger partial charge in [-0.05, 0) is 25.1 Å². The molecule has 3 rings (SSSR count). The molecule has 1 heterocycles. The number of rotatable bonds is 5. The zero-order valence-corrected chi connectivity index (χ0v) is 14.9. The molecule has 0 fully saturated rings. The number of para-hydroxylation sites is 1. The van der Waals surface area contributed by atoms with Crippen LogP contribution in [0.4, 0.5) is 0 Å². The van der Waals surface area contributed by atoms with Gasteiger partial charge in [-0.3, -0.25) is 4.79 Å². The first-order chi connectivity index (χ1) is 12.1. The lowest BCUT2D eigenvalue weighted by atomic mass is 10.00. The second-order valence-electron chi connectivity index (χ2n) is 5.62. The number of fused-ring (bicyclic) bond motifs is 1. The summed E-state index contributed by atoms with van der Waals surface area (Å²) in [6.45, 7) is 2.88. The number of benzene rings is 2. The number of amides is 1. The highest BCUT2D eigenvalue weighted by Gasteiger charge is 2.24.